The molecule has 0 saturated carbocycles. The van der Waals surface area contributed by atoms with Crippen molar-refractivity contribution in [3.63, 3.8) is 0 Å². The Morgan fingerprint density at radius 3 is 1.02 bits per heavy atom. The first kappa shape index (κ1) is 43.9. The molecular formula is C40H79NO4. The van der Waals surface area contributed by atoms with Crippen LogP contribution < -0.4 is 5.32 Å². The molecule has 0 aromatic rings. The number of nitrogens with one attached hydrogen (secondary N) is 1. The Bertz CT molecular complexity index is 573. The highest BCUT2D eigenvalue weighted by atomic mass is 16.5. The van der Waals surface area contributed by atoms with E-state index in [1.165, 1.54) is 103 Å². The molecule has 0 aliphatic rings. The van der Waals surface area contributed by atoms with E-state index in [1.807, 2.05) is 0 Å². The molecule has 268 valence electrons. The van der Waals surface area contributed by atoms with Crippen LogP contribution in [0.2, 0.25) is 0 Å². The van der Waals surface area contributed by atoms with Gasteiger partial charge in [0.1, 0.15) is 0 Å². The van der Waals surface area contributed by atoms with Crippen LogP contribution in [0.4, 0.5) is 0 Å². The second-order valence-electron chi connectivity index (χ2n) is 13.7. The molecule has 1 N–H and O–H groups in total. The van der Waals surface area contributed by atoms with Gasteiger partial charge in [-0.15, -0.1) is 0 Å². The van der Waals surface area contributed by atoms with Crippen molar-refractivity contribution in [2.45, 2.75) is 207 Å². The summed E-state index contributed by atoms with van der Waals surface area (Å²) in [7, 11) is 0. The monoisotopic (exact) mass is 638 g/mol. The summed E-state index contributed by atoms with van der Waals surface area (Å²) in [4.78, 5) is 25.6. The highest BCUT2D eigenvalue weighted by molar-refractivity contribution is 5.72. The molecule has 0 fully saturated rings. The molecule has 5 heteroatoms. The van der Waals surface area contributed by atoms with E-state index < -0.39 is 0 Å². The fourth-order valence-corrected chi connectivity index (χ4v) is 6.15. The number of esters is 2. The van der Waals surface area contributed by atoms with Crippen LogP contribution in [0.3, 0.4) is 0 Å². The largest absolute Gasteiger partial charge is 0.465 e. The molecule has 5 nitrogen and oxygen atoms in total. The molecule has 0 heterocycles. The summed E-state index contributed by atoms with van der Waals surface area (Å²) in [6.45, 7) is 11.9. The lowest BCUT2D eigenvalue weighted by Crippen LogP contribution is -2.21. The summed E-state index contributed by atoms with van der Waals surface area (Å²) in [6.07, 6.45) is 32.8. The van der Waals surface area contributed by atoms with E-state index in [0.29, 0.717) is 13.2 Å². The summed E-state index contributed by atoms with van der Waals surface area (Å²) in [5.41, 5.74) is 0. The third-order valence-corrected chi connectivity index (χ3v) is 9.28. The van der Waals surface area contributed by atoms with Gasteiger partial charge in [-0.1, -0.05) is 156 Å². The topological polar surface area (TPSA) is 64.6 Å². The Balaban J connectivity index is 4.04. The Labute approximate surface area is 281 Å². The van der Waals surface area contributed by atoms with E-state index in [9.17, 15) is 9.59 Å². The molecule has 0 radical (unpaired) electrons. The van der Waals surface area contributed by atoms with Crippen molar-refractivity contribution < 1.29 is 19.1 Å². The van der Waals surface area contributed by atoms with Gasteiger partial charge in [0.05, 0.1) is 25.0 Å². The number of ether oxygens (including phenoxy) is 2. The zero-order valence-electron chi connectivity index (χ0n) is 30.9. The van der Waals surface area contributed by atoms with E-state index in [-0.39, 0.29) is 23.8 Å². The minimum atomic E-state index is 0.0396. The van der Waals surface area contributed by atoms with Gasteiger partial charge in [0.15, 0.2) is 0 Å². The molecule has 0 rings (SSSR count). The molecule has 0 aliphatic heterocycles. The van der Waals surface area contributed by atoms with Crippen LogP contribution in [0.15, 0.2) is 0 Å². The van der Waals surface area contributed by atoms with Crippen molar-refractivity contribution in [1.82, 2.24) is 5.32 Å². The van der Waals surface area contributed by atoms with Crippen LogP contribution in [0.5, 0.6) is 0 Å². The van der Waals surface area contributed by atoms with Gasteiger partial charge >= 0.3 is 11.9 Å². The molecule has 0 aromatic heterocycles. The number of carbonyl (C=O) groups excluding carboxylic acids is 2. The van der Waals surface area contributed by atoms with E-state index in [2.05, 4.69) is 33.0 Å². The molecule has 2 atom stereocenters. The maximum absolute atomic E-state index is 12.8. The van der Waals surface area contributed by atoms with E-state index in [0.717, 1.165) is 90.1 Å². The van der Waals surface area contributed by atoms with Crippen LogP contribution in [0.25, 0.3) is 0 Å². The van der Waals surface area contributed by atoms with E-state index in [4.69, 9.17) is 9.47 Å². The van der Waals surface area contributed by atoms with Crippen molar-refractivity contribution in [2.24, 2.45) is 11.8 Å². The lowest BCUT2D eigenvalue weighted by atomic mass is 9.94. The van der Waals surface area contributed by atoms with Gasteiger partial charge in [-0.05, 0) is 64.5 Å². The minimum Gasteiger partial charge on any atom is -0.465 e. The average Bonchev–Trinajstić information content (AvgIpc) is 3.04. The van der Waals surface area contributed by atoms with Gasteiger partial charge < -0.3 is 14.8 Å². The first-order valence-electron chi connectivity index (χ1n) is 20.1. The molecule has 2 unspecified atom stereocenters. The van der Waals surface area contributed by atoms with Gasteiger partial charge in [0, 0.05) is 0 Å². The summed E-state index contributed by atoms with van der Waals surface area (Å²) >= 11 is 0. The molecule has 0 saturated heterocycles. The van der Waals surface area contributed by atoms with Crippen molar-refractivity contribution in [3.05, 3.63) is 0 Å². The SMILES string of the molecule is CCCCCCCCC(CCCCCC)C(=O)OCCCCNCCCCOC(=O)C(CCCCCC)CCCCCCCC. The van der Waals surface area contributed by atoms with E-state index >= 15 is 0 Å². The maximum Gasteiger partial charge on any atom is 0.308 e. The van der Waals surface area contributed by atoms with E-state index in [1.54, 1.807) is 0 Å². The Morgan fingerprint density at radius 1 is 0.400 bits per heavy atom. The Kier molecular flexibility index (Phi) is 34.9. The molecular weight excluding hydrogens is 558 g/mol. The lowest BCUT2D eigenvalue weighted by Gasteiger charge is -2.16. The zero-order chi connectivity index (χ0) is 33.1. The lowest BCUT2D eigenvalue weighted by molar-refractivity contribution is -0.150. The maximum atomic E-state index is 12.8. The third-order valence-electron chi connectivity index (χ3n) is 9.28. The third kappa shape index (κ3) is 30.0. The fraction of sp³-hybridized carbons (Fsp3) is 0.950. The predicted octanol–water partition coefficient (Wildman–Crippen LogP) is 11.9. The highest BCUT2D eigenvalue weighted by Gasteiger charge is 2.20. The van der Waals surface area contributed by atoms with Crippen molar-refractivity contribution in [1.29, 1.82) is 0 Å². The summed E-state index contributed by atoms with van der Waals surface area (Å²) in [6, 6.07) is 0. The number of carbonyl (C=O) groups is 2. The van der Waals surface area contributed by atoms with Crippen LogP contribution in [-0.4, -0.2) is 38.2 Å². The average molecular weight is 638 g/mol. The van der Waals surface area contributed by atoms with Gasteiger partial charge in [-0.25, -0.2) is 0 Å². The first-order chi connectivity index (χ1) is 22.1. The Morgan fingerprint density at radius 2 is 0.689 bits per heavy atom. The zero-order valence-corrected chi connectivity index (χ0v) is 30.9. The fourth-order valence-electron chi connectivity index (χ4n) is 6.15. The summed E-state index contributed by atoms with van der Waals surface area (Å²) < 4.78 is 11.5. The molecule has 0 spiro atoms. The number of rotatable bonds is 36. The number of hydrogen-bond donors (Lipinski definition) is 1. The smallest absolute Gasteiger partial charge is 0.308 e. The van der Waals surface area contributed by atoms with Gasteiger partial charge in [-0.2, -0.15) is 0 Å². The minimum absolute atomic E-state index is 0.0396. The number of hydrogen-bond acceptors (Lipinski definition) is 5. The second-order valence-corrected chi connectivity index (χ2v) is 13.7. The standard InChI is InChI=1S/C40H79NO4/c1-5-9-13-17-19-23-31-37(29-21-15-11-7-3)39(42)44-35-27-25-33-41-34-26-28-36-45-40(43)38(30-22-16-12-8-4)32-24-20-18-14-10-6-2/h37-38,41H,5-36H2,1-4H3. The van der Waals surface area contributed by atoms with Gasteiger partial charge in [0.25, 0.3) is 0 Å². The summed E-state index contributed by atoms with van der Waals surface area (Å²) in [5.74, 6) is 0.259. The van der Waals surface area contributed by atoms with Crippen LogP contribution in [-0.2, 0) is 19.1 Å². The van der Waals surface area contributed by atoms with Crippen molar-refractivity contribution in [3.8, 4) is 0 Å². The summed E-state index contributed by atoms with van der Waals surface area (Å²) in [5, 5.41) is 3.50. The quantitative estimate of drug-likeness (QED) is 0.0547. The highest BCUT2D eigenvalue weighted by Crippen LogP contribution is 2.22. The van der Waals surface area contributed by atoms with Crippen molar-refractivity contribution >= 4 is 11.9 Å². The normalized spacial score (nSPS) is 12.7. The first-order valence-corrected chi connectivity index (χ1v) is 20.1. The van der Waals surface area contributed by atoms with Crippen molar-refractivity contribution in [2.75, 3.05) is 26.3 Å². The predicted molar refractivity (Wildman–Crippen MR) is 194 cm³/mol. The van der Waals surface area contributed by atoms with Crippen LogP contribution in [0, 0.1) is 11.8 Å². The molecule has 0 aliphatic carbocycles. The molecule has 0 aromatic carbocycles. The van der Waals surface area contributed by atoms with Crippen LogP contribution >= 0.6 is 0 Å². The number of unbranched alkanes of at least 4 members (excludes halogenated alkanes) is 18. The van der Waals surface area contributed by atoms with Gasteiger partial charge in [-0.3, -0.25) is 9.59 Å². The van der Waals surface area contributed by atoms with Crippen LogP contribution in [0.1, 0.15) is 207 Å². The second kappa shape index (κ2) is 35.7. The van der Waals surface area contributed by atoms with Gasteiger partial charge in [0.2, 0.25) is 0 Å². The molecule has 45 heavy (non-hydrogen) atoms. The molecule has 0 amide bonds. The molecule has 0 bridgehead atoms. The Hall–Kier alpha value is -1.10.